The summed E-state index contributed by atoms with van der Waals surface area (Å²) in [4.78, 5) is 12.5. The molecule has 3 N–H and O–H groups in total. The predicted octanol–water partition coefficient (Wildman–Crippen LogP) is 3.95. The molecule has 1 aromatic heterocycles. The molecule has 1 atom stereocenters. The minimum absolute atomic E-state index is 0.0631. The van der Waals surface area contributed by atoms with Crippen LogP contribution >= 0.6 is 11.8 Å². The van der Waals surface area contributed by atoms with E-state index in [-0.39, 0.29) is 11.3 Å². The van der Waals surface area contributed by atoms with Crippen LogP contribution in [0.5, 0.6) is 0 Å². The van der Waals surface area contributed by atoms with Gasteiger partial charge >= 0.3 is 0 Å². The van der Waals surface area contributed by atoms with E-state index in [1.54, 1.807) is 31.2 Å². The SMILES string of the molecule is C[C@@H](Sc1nnc(-c2ccc(C(C)(C)C)cc2)n1N)C(=O)Nc1ccc(C#N)cc1. The number of hydrogen-bond acceptors (Lipinski definition) is 6. The van der Waals surface area contributed by atoms with Gasteiger partial charge < -0.3 is 11.2 Å². The fraction of sp³-hybridized carbons (Fsp3) is 0.273. The van der Waals surface area contributed by atoms with Crippen molar-refractivity contribution in [3.63, 3.8) is 0 Å². The van der Waals surface area contributed by atoms with E-state index in [2.05, 4.69) is 48.4 Å². The average molecular weight is 421 g/mol. The molecule has 0 spiro atoms. The second-order valence-corrected chi connectivity index (χ2v) is 9.25. The second-order valence-electron chi connectivity index (χ2n) is 7.94. The molecule has 0 saturated heterocycles. The van der Waals surface area contributed by atoms with Crippen LogP contribution in [-0.4, -0.2) is 26.0 Å². The summed E-state index contributed by atoms with van der Waals surface area (Å²) in [5.74, 6) is 6.55. The maximum Gasteiger partial charge on any atom is 0.237 e. The molecule has 1 amide bonds. The van der Waals surface area contributed by atoms with E-state index in [0.717, 1.165) is 5.56 Å². The molecule has 0 unspecified atom stereocenters. The van der Waals surface area contributed by atoms with Gasteiger partial charge in [-0.15, -0.1) is 10.2 Å². The van der Waals surface area contributed by atoms with Crippen molar-refractivity contribution >= 4 is 23.4 Å². The Hall–Kier alpha value is -3.31. The summed E-state index contributed by atoms with van der Waals surface area (Å²) >= 11 is 1.23. The van der Waals surface area contributed by atoms with Gasteiger partial charge in [-0.25, -0.2) is 4.68 Å². The number of hydrogen-bond donors (Lipinski definition) is 2. The standard InChI is InChI=1S/C22H24N6OS/c1-14(20(29)25-18-11-5-15(13-23)6-12-18)30-21-27-26-19(28(21)24)16-7-9-17(10-8-16)22(2,3)4/h5-12,14H,24H2,1-4H3,(H,25,29)/t14-/m1/s1. The normalized spacial score (nSPS) is 12.2. The number of nitrogens with two attached hydrogens (primary N) is 1. The number of anilines is 1. The van der Waals surface area contributed by atoms with Gasteiger partial charge in [-0.05, 0) is 42.2 Å². The van der Waals surface area contributed by atoms with Crippen molar-refractivity contribution in [1.82, 2.24) is 14.9 Å². The van der Waals surface area contributed by atoms with Crippen molar-refractivity contribution in [2.75, 3.05) is 11.2 Å². The molecule has 1 heterocycles. The zero-order valence-corrected chi connectivity index (χ0v) is 18.2. The van der Waals surface area contributed by atoms with Crippen molar-refractivity contribution in [3.05, 3.63) is 59.7 Å². The molecular weight excluding hydrogens is 396 g/mol. The van der Waals surface area contributed by atoms with Crippen LogP contribution in [0.25, 0.3) is 11.4 Å². The van der Waals surface area contributed by atoms with Gasteiger partial charge in [-0.3, -0.25) is 4.79 Å². The Labute approximate surface area is 180 Å². The van der Waals surface area contributed by atoms with Gasteiger partial charge in [0.1, 0.15) is 0 Å². The average Bonchev–Trinajstić information content (AvgIpc) is 3.08. The van der Waals surface area contributed by atoms with E-state index in [1.165, 1.54) is 22.0 Å². The zero-order valence-electron chi connectivity index (χ0n) is 17.4. The minimum atomic E-state index is -0.441. The molecule has 30 heavy (non-hydrogen) atoms. The number of nitriles is 1. The predicted molar refractivity (Wildman–Crippen MR) is 119 cm³/mol. The smallest absolute Gasteiger partial charge is 0.237 e. The third-order valence-electron chi connectivity index (χ3n) is 4.61. The molecule has 0 aliphatic rings. The van der Waals surface area contributed by atoms with Crippen molar-refractivity contribution in [2.24, 2.45) is 0 Å². The third-order valence-corrected chi connectivity index (χ3v) is 5.66. The molecule has 3 aromatic rings. The number of thioether (sulfide) groups is 1. The van der Waals surface area contributed by atoms with Crippen molar-refractivity contribution in [1.29, 1.82) is 5.26 Å². The summed E-state index contributed by atoms with van der Waals surface area (Å²) in [5, 5.41) is 20.0. The van der Waals surface area contributed by atoms with Crippen LogP contribution in [0.3, 0.4) is 0 Å². The van der Waals surface area contributed by atoms with E-state index in [4.69, 9.17) is 11.1 Å². The van der Waals surface area contributed by atoms with Gasteiger partial charge in [0.05, 0.1) is 16.9 Å². The van der Waals surface area contributed by atoms with E-state index in [1.807, 2.05) is 18.2 Å². The summed E-state index contributed by atoms with van der Waals surface area (Å²) in [6, 6.07) is 16.8. The quantitative estimate of drug-likeness (QED) is 0.478. The number of nitrogens with one attached hydrogen (secondary N) is 1. The van der Waals surface area contributed by atoms with Crippen LogP contribution in [0.4, 0.5) is 5.69 Å². The minimum Gasteiger partial charge on any atom is -0.335 e. The van der Waals surface area contributed by atoms with Crippen LogP contribution in [0.15, 0.2) is 53.7 Å². The molecule has 8 heteroatoms. The molecule has 0 radical (unpaired) electrons. The van der Waals surface area contributed by atoms with Gasteiger partial charge in [0.15, 0.2) is 5.82 Å². The maximum absolute atomic E-state index is 12.5. The molecule has 0 aliphatic carbocycles. The number of carbonyl (C=O) groups excluding carboxylic acids is 1. The van der Waals surface area contributed by atoms with Gasteiger partial charge in [0.2, 0.25) is 11.1 Å². The number of carbonyl (C=O) groups is 1. The highest BCUT2D eigenvalue weighted by Gasteiger charge is 2.21. The maximum atomic E-state index is 12.5. The first kappa shape index (κ1) is 21.4. The lowest BCUT2D eigenvalue weighted by Crippen LogP contribution is -2.23. The van der Waals surface area contributed by atoms with E-state index >= 15 is 0 Å². The Balaban J connectivity index is 1.69. The molecule has 7 nitrogen and oxygen atoms in total. The lowest BCUT2D eigenvalue weighted by molar-refractivity contribution is -0.115. The first-order chi connectivity index (χ1) is 14.2. The highest BCUT2D eigenvalue weighted by molar-refractivity contribution is 8.00. The first-order valence-corrected chi connectivity index (χ1v) is 10.4. The number of nitrogens with zero attached hydrogens (tertiary/aromatic N) is 4. The summed E-state index contributed by atoms with van der Waals surface area (Å²) in [6.45, 7) is 8.25. The molecule has 3 rings (SSSR count). The summed E-state index contributed by atoms with van der Waals surface area (Å²) in [7, 11) is 0. The number of nitrogen functional groups attached to an aromatic ring is 1. The van der Waals surface area contributed by atoms with E-state index in [0.29, 0.717) is 22.2 Å². The highest BCUT2D eigenvalue weighted by Crippen LogP contribution is 2.28. The first-order valence-electron chi connectivity index (χ1n) is 9.48. The summed E-state index contributed by atoms with van der Waals surface area (Å²) in [6.07, 6.45) is 0. The van der Waals surface area contributed by atoms with E-state index < -0.39 is 5.25 Å². The lowest BCUT2D eigenvalue weighted by atomic mass is 9.87. The van der Waals surface area contributed by atoms with Crippen molar-refractivity contribution in [2.45, 2.75) is 43.5 Å². The van der Waals surface area contributed by atoms with Crippen LogP contribution < -0.4 is 11.2 Å². The topological polar surface area (TPSA) is 110 Å². The number of rotatable bonds is 5. The van der Waals surface area contributed by atoms with Crippen LogP contribution in [-0.2, 0) is 10.2 Å². The number of aromatic nitrogens is 3. The van der Waals surface area contributed by atoms with Crippen LogP contribution in [0.2, 0.25) is 0 Å². The Kier molecular flexibility index (Phi) is 6.13. The molecule has 0 bridgehead atoms. The number of amides is 1. The largest absolute Gasteiger partial charge is 0.335 e. The molecule has 0 saturated carbocycles. The summed E-state index contributed by atoms with van der Waals surface area (Å²) < 4.78 is 1.41. The van der Waals surface area contributed by atoms with Crippen LogP contribution in [0, 0.1) is 11.3 Å². The molecule has 0 aliphatic heterocycles. The molecule has 2 aromatic carbocycles. The summed E-state index contributed by atoms with van der Waals surface area (Å²) in [5.41, 5.74) is 3.31. The van der Waals surface area contributed by atoms with Crippen LogP contribution in [0.1, 0.15) is 38.8 Å². The van der Waals surface area contributed by atoms with Crippen molar-refractivity contribution < 1.29 is 4.79 Å². The third kappa shape index (κ3) is 4.81. The molecule has 0 fully saturated rings. The zero-order chi connectivity index (χ0) is 21.9. The van der Waals surface area contributed by atoms with Gasteiger partial charge in [-0.1, -0.05) is 56.8 Å². The van der Waals surface area contributed by atoms with E-state index in [9.17, 15) is 4.79 Å². The van der Waals surface area contributed by atoms with Crippen molar-refractivity contribution in [3.8, 4) is 17.5 Å². The highest BCUT2D eigenvalue weighted by atomic mass is 32.2. The van der Waals surface area contributed by atoms with Gasteiger partial charge in [0.25, 0.3) is 0 Å². The Bertz CT molecular complexity index is 1070. The molecule has 154 valence electrons. The fourth-order valence-corrected chi connectivity index (χ4v) is 3.53. The fourth-order valence-electron chi connectivity index (χ4n) is 2.76. The van der Waals surface area contributed by atoms with Gasteiger partial charge in [-0.2, -0.15) is 5.26 Å². The lowest BCUT2D eigenvalue weighted by Gasteiger charge is -2.19. The molecular formula is C22H24N6OS. The Morgan fingerprint density at radius 2 is 1.77 bits per heavy atom. The Morgan fingerprint density at radius 3 is 2.33 bits per heavy atom. The second kappa shape index (κ2) is 8.59. The monoisotopic (exact) mass is 420 g/mol. The number of benzene rings is 2. The van der Waals surface area contributed by atoms with Gasteiger partial charge in [0, 0.05) is 11.3 Å². The Morgan fingerprint density at radius 1 is 1.13 bits per heavy atom.